The molecule has 0 aromatic heterocycles. The number of rotatable bonds is 8. The molecule has 1 rings (SSSR count). The molecule has 0 amide bonds. The van der Waals surface area contributed by atoms with Gasteiger partial charge in [0.25, 0.3) is 0 Å². The summed E-state index contributed by atoms with van der Waals surface area (Å²) in [5.41, 5.74) is 3.64. The maximum Gasteiger partial charge on any atom is 0.0241 e. The molecule has 0 aromatic carbocycles. The third-order valence-corrected chi connectivity index (χ3v) is 5.91. The first-order chi connectivity index (χ1) is 9.92. The van der Waals surface area contributed by atoms with E-state index in [2.05, 4.69) is 40.0 Å². The van der Waals surface area contributed by atoms with Gasteiger partial charge in [-0.25, -0.2) is 0 Å². The van der Waals surface area contributed by atoms with Gasteiger partial charge < -0.3 is 0 Å². The van der Waals surface area contributed by atoms with Crippen LogP contribution in [0.5, 0.6) is 0 Å². The van der Waals surface area contributed by atoms with Gasteiger partial charge in [-0.3, -0.25) is 11.3 Å². The molecule has 1 saturated carbocycles. The van der Waals surface area contributed by atoms with Crippen LogP contribution in [0.2, 0.25) is 0 Å². The molecule has 1 aliphatic carbocycles. The Kier molecular flexibility index (Phi) is 8.26. The molecule has 0 saturated heterocycles. The van der Waals surface area contributed by atoms with Gasteiger partial charge >= 0.3 is 0 Å². The summed E-state index contributed by atoms with van der Waals surface area (Å²) in [6, 6.07) is 0.535. The summed E-state index contributed by atoms with van der Waals surface area (Å²) in [7, 11) is 0. The first-order valence-corrected chi connectivity index (χ1v) is 9.38. The average Bonchev–Trinajstić information content (AvgIpc) is 2.47. The van der Waals surface area contributed by atoms with Gasteiger partial charge in [-0.2, -0.15) is 0 Å². The van der Waals surface area contributed by atoms with E-state index in [9.17, 15) is 0 Å². The summed E-state index contributed by atoms with van der Waals surface area (Å²) in [5.74, 6) is 8.45. The molecule has 21 heavy (non-hydrogen) atoms. The summed E-state index contributed by atoms with van der Waals surface area (Å²) in [5, 5.41) is 0. The highest BCUT2D eigenvalue weighted by atomic mass is 15.2. The second-order valence-corrected chi connectivity index (χ2v) is 8.40. The Morgan fingerprint density at radius 2 is 1.71 bits per heavy atom. The minimum Gasteiger partial charge on any atom is -0.271 e. The first-order valence-electron chi connectivity index (χ1n) is 9.38. The van der Waals surface area contributed by atoms with Gasteiger partial charge in [-0.15, -0.1) is 0 Å². The SMILES string of the molecule is CCCCC(CC)CC(NN)C1CCC(C(C)(C)C)CC1. The van der Waals surface area contributed by atoms with E-state index >= 15 is 0 Å². The highest BCUT2D eigenvalue weighted by molar-refractivity contribution is 4.86. The van der Waals surface area contributed by atoms with Crippen molar-refractivity contribution in [3.8, 4) is 0 Å². The van der Waals surface area contributed by atoms with Gasteiger partial charge in [0.2, 0.25) is 0 Å². The number of hydrazine groups is 1. The molecule has 0 radical (unpaired) electrons. The maximum atomic E-state index is 5.91. The predicted octanol–water partition coefficient (Wildman–Crippen LogP) is 5.28. The monoisotopic (exact) mass is 296 g/mol. The molecule has 0 aliphatic heterocycles. The molecule has 2 nitrogen and oxygen atoms in total. The standard InChI is InChI=1S/C19H40N2/c1-6-8-9-15(7-2)14-18(21-20)16-10-12-17(13-11-16)19(3,4)5/h15-18,21H,6-14,20H2,1-5H3. The van der Waals surface area contributed by atoms with Crippen molar-refractivity contribution in [2.45, 2.75) is 98.4 Å². The fourth-order valence-electron chi connectivity index (χ4n) is 4.12. The van der Waals surface area contributed by atoms with Crippen LogP contribution in [0, 0.1) is 23.2 Å². The molecule has 2 atom stereocenters. The lowest BCUT2D eigenvalue weighted by Crippen LogP contribution is -2.44. The van der Waals surface area contributed by atoms with E-state index in [0.717, 1.165) is 17.8 Å². The van der Waals surface area contributed by atoms with Gasteiger partial charge in [-0.05, 0) is 55.3 Å². The number of nitrogens with two attached hydrogens (primary N) is 1. The van der Waals surface area contributed by atoms with Crippen molar-refractivity contribution in [2.75, 3.05) is 0 Å². The summed E-state index contributed by atoms with van der Waals surface area (Å²) in [6.45, 7) is 11.8. The van der Waals surface area contributed by atoms with Crippen molar-refractivity contribution < 1.29 is 0 Å². The van der Waals surface area contributed by atoms with E-state index in [1.54, 1.807) is 0 Å². The molecule has 0 heterocycles. The summed E-state index contributed by atoms with van der Waals surface area (Å²) in [6.07, 6.45) is 12.1. The topological polar surface area (TPSA) is 38.0 Å². The lowest BCUT2D eigenvalue weighted by Gasteiger charge is -2.40. The Bertz CT molecular complexity index is 261. The van der Waals surface area contributed by atoms with Crippen LogP contribution in [0.4, 0.5) is 0 Å². The quantitative estimate of drug-likeness (QED) is 0.472. The molecule has 1 fully saturated rings. The zero-order chi connectivity index (χ0) is 15.9. The lowest BCUT2D eigenvalue weighted by atomic mass is 9.68. The Hall–Kier alpha value is -0.0800. The molecule has 3 N–H and O–H groups in total. The van der Waals surface area contributed by atoms with E-state index in [-0.39, 0.29) is 0 Å². The zero-order valence-corrected chi connectivity index (χ0v) is 15.3. The highest BCUT2D eigenvalue weighted by Crippen LogP contribution is 2.41. The zero-order valence-electron chi connectivity index (χ0n) is 15.3. The molecule has 0 spiro atoms. The second-order valence-electron chi connectivity index (χ2n) is 8.40. The van der Waals surface area contributed by atoms with Crippen LogP contribution >= 0.6 is 0 Å². The van der Waals surface area contributed by atoms with E-state index in [4.69, 9.17) is 5.84 Å². The van der Waals surface area contributed by atoms with E-state index in [1.807, 2.05) is 0 Å². The van der Waals surface area contributed by atoms with E-state index in [0.29, 0.717) is 11.5 Å². The molecular weight excluding hydrogens is 256 g/mol. The number of unbranched alkanes of at least 4 members (excludes halogenated alkanes) is 1. The van der Waals surface area contributed by atoms with E-state index in [1.165, 1.54) is 57.8 Å². The summed E-state index contributed by atoms with van der Waals surface area (Å²) >= 11 is 0. The molecule has 1 aliphatic rings. The van der Waals surface area contributed by atoms with Crippen molar-refractivity contribution in [3.05, 3.63) is 0 Å². The fourth-order valence-corrected chi connectivity index (χ4v) is 4.12. The molecule has 2 heteroatoms. The Balaban J connectivity index is 2.46. The van der Waals surface area contributed by atoms with Gasteiger partial charge in [0.05, 0.1) is 0 Å². The molecule has 126 valence electrons. The highest BCUT2D eigenvalue weighted by Gasteiger charge is 2.33. The van der Waals surface area contributed by atoms with Gasteiger partial charge in [0.1, 0.15) is 0 Å². The van der Waals surface area contributed by atoms with Gasteiger partial charge in [0.15, 0.2) is 0 Å². The molecular formula is C19H40N2. The van der Waals surface area contributed by atoms with E-state index < -0.39 is 0 Å². The van der Waals surface area contributed by atoms with Crippen LogP contribution in [0.25, 0.3) is 0 Å². The van der Waals surface area contributed by atoms with Crippen LogP contribution in [0.1, 0.15) is 92.4 Å². The second kappa shape index (κ2) is 9.15. The number of hydrogen-bond acceptors (Lipinski definition) is 2. The molecule has 0 aromatic rings. The van der Waals surface area contributed by atoms with Crippen molar-refractivity contribution in [1.29, 1.82) is 0 Å². The number of nitrogens with one attached hydrogen (secondary N) is 1. The summed E-state index contributed by atoms with van der Waals surface area (Å²) in [4.78, 5) is 0. The van der Waals surface area contributed by atoms with Gasteiger partial charge in [-0.1, -0.05) is 60.3 Å². The molecule has 2 unspecified atom stereocenters. The molecule has 0 bridgehead atoms. The Morgan fingerprint density at radius 1 is 1.10 bits per heavy atom. The van der Waals surface area contributed by atoms with Gasteiger partial charge in [0, 0.05) is 6.04 Å². The Morgan fingerprint density at radius 3 is 2.14 bits per heavy atom. The third kappa shape index (κ3) is 6.28. The van der Waals surface area contributed by atoms with Crippen LogP contribution in [0.3, 0.4) is 0 Å². The third-order valence-electron chi connectivity index (χ3n) is 5.91. The van der Waals surface area contributed by atoms with Crippen LogP contribution in [-0.2, 0) is 0 Å². The Labute approximate surface area is 133 Å². The largest absolute Gasteiger partial charge is 0.271 e. The van der Waals surface area contributed by atoms with Crippen molar-refractivity contribution >= 4 is 0 Å². The van der Waals surface area contributed by atoms with Crippen molar-refractivity contribution in [2.24, 2.45) is 29.0 Å². The van der Waals surface area contributed by atoms with Crippen LogP contribution in [0.15, 0.2) is 0 Å². The summed E-state index contributed by atoms with van der Waals surface area (Å²) < 4.78 is 0. The first kappa shape index (κ1) is 19.0. The van der Waals surface area contributed by atoms with Crippen molar-refractivity contribution in [1.82, 2.24) is 5.43 Å². The van der Waals surface area contributed by atoms with Crippen LogP contribution < -0.4 is 11.3 Å². The lowest BCUT2D eigenvalue weighted by molar-refractivity contribution is 0.124. The predicted molar refractivity (Wildman–Crippen MR) is 93.9 cm³/mol. The minimum atomic E-state index is 0.476. The van der Waals surface area contributed by atoms with Crippen molar-refractivity contribution in [3.63, 3.8) is 0 Å². The smallest absolute Gasteiger partial charge is 0.0241 e. The van der Waals surface area contributed by atoms with Crippen LogP contribution in [-0.4, -0.2) is 6.04 Å². The normalized spacial score (nSPS) is 26.6. The number of hydrogen-bond donors (Lipinski definition) is 2. The average molecular weight is 297 g/mol. The minimum absolute atomic E-state index is 0.476. The fraction of sp³-hybridized carbons (Fsp3) is 1.00. The maximum absolute atomic E-state index is 5.91.